The summed E-state index contributed by atoms with van der Waals surface area (Å²) in [4.78, 5) is 3.65. The normalized spacial score (nSPS) is 11.7. The van der Waals surface area contributed by atoms with E-state index < -0.39 is 0 Å². The van der Waals surface area contributed by atoms with Crippen LogP contribution in [0.5, 0.6) is 0 Å². The first-order valence-corrected chi connectivity index (χ1v) is 3.98. The molecule has 0 rings (SSSR count). The smallest absolute Gasteiger partial charge is 0.0292 e. The standard InChI is InChI=1S/C8H13N.C2H6/c1-5-7(2)8(3)6-9-4;1-2/h5-6H,4H2,1-3H3;1-2H3/b7-5-,8-6-;. The van der Waals surface area contributed by atoms with Crippen LogP contribution in [0.4, 0.5) is 0 Å². The summed E-state index contributed by atoms with van der Waals surface area (Å²) in [6.45, 7) is 13.4. The van der Waals surface area contributed by atoms with Gasteiger partial charge in [-0.1, -0.05) is 25.5 Å². The molecule has 0 saturated heterocycles. The second kappa shape index (κ2) is 9.15. The van der Waals surface area contributed by atoms with E-state index in [1.807, 2.05) is 27.7 Å². The van der Waals surface area contributed by atoms with Gasteiger partial charge >= 0.3 is 0 Å². The average molecular weight is 153 g/mol. The number of hydrogen-bond donors (Lipinski definition) is 0. The molecule has 0 aromatic carbocycles. The third-order valence-corrected chi connectivity index (χ3v) is 1.34. The van der Waals surface area contributed by atoms with Crippen LogP contribution in [0.1, 0.15) is 34.6 Å². The fourth-order valence-corrected chi connectivity index (χ4v) is 0.466. The van der Waals surface area contributed by atoms with E-state index in [9.17, 15) is 0 Å². The van der Waals surface area contributed by atoms with E-state index in [4.69, 9.17) is 0 Å². The monoisotopic (exact) mass is 153 g/mol. The number of aliphatic imine (C=N–C) groups is 1. The van der Waals surface area contributed by atoms with Crippen molar-refractivity contribution < 1.29 is 0 Å². The van der Waals surface area contributed by atoms with Gasteiger partial charge in [-0.25, -0.2) is 0 Å². The SMILES string of the molecule is C=N/C=C(C)\C(C)=C/C.CC. The highest BCUT2D eigenvalue weighted by Crippen LogP contribution is 2.06. The van der Waals surface area contributed by atoms with Gasteiger partial charge in [0, 0.05) is 6.20 Å². The Hall–Kier alpha value is -0.850. The van der Waals surface area contributed by atoms with Crippen LogP contribution in [0.2, 0.25) is 0 Å². The van der Waals surface area contributed by atoms with Crippen LogP contribution in [0.3, 0.4) is 0 Å². The second-order valence-electron chi connectivity index (χ2n) is 1.97. The zero-order valence-corrected chi connectivity index (χ0v) is 8.31. The highest BCUT2D eigenvalue weighted by Gasteiger charge is 1.86. The molecular weight excluding hydrogens is 134 g/mol. The van der Waals surface area contributed by atoms with Gasteiger partial charge in [-0.3, -0.25) is 4.99 Å². The molecule has 0 aliphatic rings. The second-order valence-corrected chi connectivity index (χ2v) is 1.97. The van der Waals surface area contributed by atoms with Crippen molar-refractivity contribution in [2.24, 2.45) is 4.99 Å². The Kier molecular flexibility index (Phi) is 10.6. The van der Waals surface area contributed by atoms with Gasteiger partial charge in [0.15, 0.2) is 0 Å². The van der Waals surface area contributed by atoms with Crippen molar-refractivity contribution in [1.82, 2.24) is 0 Å². The van der Waals surface area contributed by atoms with Gasteiger partial charge in [-0.2, -0.15) is 0 Å². The minimum Gasteiger partial charge on any atom is -0.272 e. The summed E-state index contributed by atoms with van der Waals surface area (Å²) in [6, 6.07) is 0. The molecule has 0 aromatic heterocycles. The summed E-state index contributed by atoms with van der Waals surface area (Å²) in [5.41, 5.74) is 2.43. The first-order chi connectivity index (χ1) is 5.22. The van der Waals surface area contributed by atoms with E-state index in [1.165, 1.54) is 11.1 Å². The molecule has 0 atom stereocenters. The molecule has 0 saturated carbocycles. The van der Waals surface area contributed by atoms with E-state index in [-0.39, 0.29) is 0 Å². The molecule has 0 aliphatic heterocycles. The number of nitrogens with zero attached hydrogens (tertiary/aromatic N) is 1. The number of hydrogen-bond acceptors (Lipinski definition) is 1. The lowest BCUT2D eigenvalue weighted by Gasteiger charge is -1.95. The topological polar surface area (TPSA) is 12.4 Å². The van der Waals surface area contributed by atoms with Gasteiger partial charge < -0.3 is 0 Å². The maximum atomic E-state index is 3.65. The Bertz CT molecular complexity index is 152. The van der Waals surface area contributed by atoms with Gasteiger partial charge in [0.25, 0.3) is 0 Å². The largest absolute Gasteiger partial charge is 0.272 e. The molecular formula is C10H19N. The summed E-state index contributed by atoms with van der Waals surface area (Å²) in [5, 5.41) is 0. The number of rotatable bonds is 2. The van der Waals surface area contributed by atoms with Crippen LogP contribution in [-0.2, 0) is 0 Å². The molecule has 0 aliphatic carbocycles. The van der Waals surface area contributed by atoms with Crippen molar-refractivity contribution in [2.75, 3.05) is 0 Å². The van der Waals surface area contributed by atoms with Crippen molar-refractivity contribution in [3.63, 3.8) is 0 Å². The maximum Gasteiger partial charge on any atom is 0.0292 e. The molecule has 0 N–H and O–H groups in total. The van der Waals surface area contributed by atoms with Gasteiger partial charge in [-0.05, 0) is 33.1 Å². The molecule has 11 heavy (non-hydrogen) atoms. The van der Waals surface area contributed by atoms with Gasteiger partial charge in [-0.15, -0.1) is 0 Å². The average Bonchev–Trinajstić information content (AvgIpc) is 2.07. The molecule has 0 unspecified atom stereocenters. The Morgan fingerprint density at radius 3 is 1.91 bits per heavy atom. The van der Waals surface area contributed by atoms with E-state index in [2.05, 4.69) is 24.7 Å². The molecule has 0 amide bonds. The Morgan fingerprint density at radius 1 is 1.18 bits per heavy atom. The van der Waals surface area contributed by atoms with Crippen LogP contribution in [0, 0.1) is 0 Å². The lowest BCUT2D eigenvalue weighted by molar-refractivity contribution is 1.30. The summed E-state index contributed by atoms with van der Waals surface area (Å²) >= 11 is 0. The van der Waals surface area contributed by atoms with Gasteiger partial charge in [0.2, 0.25) is 0 Å². The van der Waals surface area contributed by atoms with Crippen molar-refractivity contribution in [3.05, 3.63) is 23.4 Å². The van der Waals surface area contributed by atoms with Gasteiger partial charge in [0.1, 0.15) is 0 Å². The number of allylic oxidation sites excluding steroid dienone is 3. The lowest BCUT2D eigenvalue weighted by Crippen LogP contribution is -1.75. The van der Waals surface area contributed by atoms with Crippen molar-refractivity contribution in [3.8, 4) is 0 Å². The van der Waals surface area contributed by atoms with Crippen LogP contribution < -0.4 is 0 Å². The fourth-order valence-electron chi connectivity index (χ4n) is 0.466. The van der Waals surface area contributed by atoms with E-state index in [0.717, 1.165) is 0 Å². The zero-order chi connectivity index (χ0) is 9.28. The molecule has 0 aromatic rings. The quantitative estimate of drug-likeness (QED) is 0.424. The molecule has 1 heteroatoms. The molecule has 0 heterocycles. The molecule has 64 valence electrons. The molecule has 0 spiro atoms. The summed E-state index contributed by atoms with van der Waals surface area (Å²) in [7, 11) is 0. The van der Waals surface area contributed by atoms with Gasteiger partial charge in [0.05, 0.1) is 0 Å². The molecule has 0 bridgehead atoms. The van der Waals surface area contributed by atoms with Crippen molar-refractivity contribution in [2.45, 2.75) is 34.6 Å². The lowest BCUT2D eigenvalue weighted by atomic mass is 10.1. The molecule has 0 fully saturated rings. The first-order valence-electron chi connectivity index (χ1n) is 3.98. The van der Waals surface area contributed by atoms with E-state index in [1.54, 1.807) is 6.20 Å². The Labute approximate surface area is 70.5 Å². The predicted octanol–water partition coefficient (Wildman–Crippen LogP) is 3.58. The summed E-state index contributed by atoms with van der Waals surface area (Å²) in [5.74, 6) is 0. The highest BCUT2D eigenvalue weighted by atomic mass is 14.6. The zero-order valence-electron chi connectivity index (χ0n) is 8.31. The molecule has 1 nitrogen and oxygen atoms in total. The van der Waals surface area contributed by atoms with Crippen LogP contribution in [-0.4, -0.2) is 6.72 Å². The third-order valence-electron chi connectivity index (χ3n) is 1.34. The molecule has 0 radical (unpaired) electrons. The van der Waals surface area contributed by atoms with Crippen LogP contribution >= 0.6 is 0 Å². The summed E-state index contributed by atoms with van der Waals surface area (Å²) < 4.78 is 0. The maximum absolute atomic E-state index is 3.65. The predicted molar refractivity (Wildman–Crippen MR) is 54.1 cm³/mol. The minimum atomic E-state index is 1.17. The van der Waals surface area contributed by atoms with Crippen LogP contribution in [0.25, 0.3) is 0 Å². The van der Waals surface area contributed by atoms with E-state index in [0.29, 0.717) is 0 Å². The van der Waals surface area contributed by atoms with Crippen LogP contribution in [0.15, 0.2) is 28.4 Å². The first kappa shape index (κ1) is 12.8. The highest BCUT2D eigenvalue weighted by molar-refractivity contribution is 5.31. The summed E-state index contributed by atoms with van der Waals surface area (Å²) in [6.07, 6.45) is 3.81. The third kappa shape index (κ3) is 7.04. The fraction of sp³-hybridized carbons (Fsp3) is 0.500. The Morgan fingerprint density at radius 2 is 1.64 bits per heavy atom. The van der Waals surface area contributed by atoms with E-state index >= 15 is 0 Å². The Balaban J connectivity index is 0. The van der Waals surface area contributed by atoms with Crippen molar-refractivity contribution in [1.29, 1.82) is 0 Å². The minimum absolute atomic E-state index is 1.17. The van der Waals surface area contributed by atoms with Crippen molar-refractivity contribution >= 4 is 6.72 Å².